The zero-order chi connectivity index (χ0) is 9.10. The molecule has 0 amide bonds. The summed E-state index contributed by atoms with van der Waals surface area (Å²) < 4.78 is 1.19. The number of nitrogens with one attached hydrogen (secondary N) is 1. The lowest BCUT2D eigenvalue weighted by molar-refractivity contribution is 0.588. The van der Waals surface area contributed by atoms with Crippen LogP contribution in [-0.2, 0) is 0 Å². The first-order chi connectivity index (χ1) is 6.38. The van der Waals surface area contributed by atoms with Gasteiger partial charge < -0.3 is 10.2 Å². The summed E-state index contributed by atoms with van der Waals surface area (Å²) in [5.74, 6) is 0. The topological polar surface area (TPSA) is 15.3 Å². The lowest BCUT2D eigenvalue weighted by Crippen LogP contribution is -2.43. The van der Waals surface area contributed by atoms with Crippen molar-refractivity contribution in [3.63, 3.8) is 0 Å². The van der Waals surface area contributed by atoms with Crippen molar-refractivity contribution in [3.05, 3.63) is 28.7 Å². The molecule has 1 fully saturated rings. The zero-order valence-corrected chi connectivity index (χ0v) is 11.2. The molecule has 2 rings (SSSR count). The lowest BCUT2D eigenvalue weighted by Gasteiger charge is -2.30. The van der Waals surface area contributed by atoms with Crippen LogP contribution in [0.15, 0.2) is 28.7 Å². The summed E-state index contributed by atoms with van der Waals surface area (Å²) in [6, 6.07) is 8.39. The summed E-state index contributed by atoms with van der Waals surface area (Å²) in [5.41, 5.74) is 1.31. The van der Waals surface area contributed by atoms with E-state index in [2.05, 4.69) is 50.4 Å². The predicted molar refractivity (Wildman–Crippen MR) is 69.5 cm³/mol. The minimum atomic E-state index is 0. The minimum absolute atomic E-state index is 0. The number of halogens is 2. The molecule has 0 unspecified atom stereocenters. The van der Waals surface area contributed by atoms with Gasteiger partial charge in [-0.1, -0.05) is 12.1 Å². The Balaban J connectivity index is 0.000000980. The van der Waals surface area contributed by atoms with Crippen molar-refractivity contribution in [2.24, 2.45) is 0 Å². The van der Waals surface area contributed by atoms with Gasteiger partial charge in [-0.05, 0) is 28.1 Å². The lowest BCUT2D eigenvalue weighted by atomic mass is 10.2. The molecule has 1 N–H and O–H groups in total. The molecule has 1 saturated heterocycles. The molecule has 0 atom stereocenters. The molecule has 1 aromatic rings. The number of benzene rings is 1. The van der Waals surface area contributed by atoms with E-state index in [1.54, 1.807) is 0 Å². The molecule has 78 valence electrons. The standard InChI is InChI=1S/C10H13BrN2.BrH/c11-9-3-1-2-4-10(9)13-7-5-12-6-8-13;/h1-4,12H,5-8H2;1H. The molecule has 4 heteroatoms. The molecule has 2 nitrogen and oxygen atoms in total. The van der Waals surface area contributed by atoms with Gasteiger partial charge in [0.25, 0.3) is 0 Å². The van der Waals surface area contributed by atoms with Gasteiger partial charge in [-0.3, -0.25) is 0 Å². The van der Waals surface area contributed by atoms with E-state index in [1.165, 1.54) is 10.2 Å². The van der Waals surface area contributed by atoms with E-state index in [4.69, 9.17) is 0 Å². The summed E-state index contributed by atoms with van der Waals surface area (Å²) in [5, 5.41) is 3.35. The van der Waals surface area contributed by atoms with Gasteiger partial charge in [-0.2, -0.15) is 0 Å². The Kier molecular flexibility index (Phi) is 4.92. The Hall–Kier alpha value is -0.0600. The van der Waals surface area contributed by atoms with Crippen LogP contribution in [0.5, 0.6) is 0 Å². The molecule has 0 aliphatic carbocycles. The van der Waals surface area contributed by atoms with Crippen molar-refractivity contribution in [2.45, 2.75) is 0 Å². The second-order valence-corrected chi connectivity index (χ2v) is 4.04. The van der Waals surface area contributed by atoms with Gasteiger partial charge in [0.15, 0.2) is 0 Å². The van der Waals surface area contributed by atoms with Crippen molar-refractivity contribution in [2.75, 3.05) is 31.1 Å². The fraction of sp³-hybridized carbons (Fsp3) is 0.400. The molecule has 0 radical (unpaired) electrons. The molecule has 1 aliphatic heterocycles. The highest BCUT2D eigenvalue weighted by molar-refractivity contribution is 9.10. The van der Waals surface area contributed by atoms with Crippen LogP contribution in [0.2, 0.25) is 0 Å². The van der Waals surface area contributed by atoms with Crippen LogP contribution in [0.4, 0.5) is 5.69 Å². The van der Waals surface area contributed by atoms with Crippen molar-refractivity contribution >= 4 is 38.6 Å². The third-order valence-corrected chi connectivity index (χ3v) is 2.98. The number of hydrogen-bond acceptors (Lipinski definition) is 2. The van der Waals surface area contributed by atoms with E-state index in [1.807, 2.05) is 0 Å². The molecule has 1 heterocycles. The van der Waals surface area contributed by atoms with Gasteiger partial charge in [-0.15, -0.1) is 17.0 Å². The average Bonchev–Trinajstić information content (AvgIpc) is 2.20. The third-order valence-electron chi connectivity index (χ3n) is 2.31. The quantitative estimate of drug-likeness (QED) is 0.854. The van der Waals surface area contributed by atoms with Crippen LogP contribution in [-0.4, -0.2) is 26.2 Å². The Morgan fingerprint density at radius 2 is 1.79 bits per heavy atom. The molecule has 0 spiro atoms. The maximum atomic E-state index is 3.57. The first-order valence-electron chi connectivity index (χ1n) is 4.58. The fourth-order valence-electron chi connectivity index (χ4n) is 1.61. The molecule has 1 aromatic carbocycles. The summed E-state index contributed by atoms with van der Waals surface area (Å²) >= 11 is 3.57. The Morgan fingerprint density at radius 1 is 1.14 bits per heavy atom. The highest BCUT2D eigenvalue weighted by atomic mass is 79.9. The number of piperazine rings is 1. The highest BCUT2D eigenvalue weighted by Crippen LogP contribution is 2.25. The number of anilines is 1. The van der Waals surface area contributed by atoms with Crippen LogP contribution >= 0.6 is 32.9 Å². The smallest absolute Gasteiger partial charge is 0.0511 e. The first kappa shape index (κ1) is 12.0. The Bertz CT molecular complexity index is 285. The number of hydrogen-bond donors (Lipinski definition) is 1. The SMILES string of the molecule is Br.Brc1ccccc1N1CCNCC1. The van der Waals surface area contributed by atoms with Gasteiger partial charge in [0.1, 0.15) is 0 Å². The number of rotatable bonds is 1. The largest absolute Gasteiger partial charge is 0.368 e. The first-order valence-corrected chi connectivity index (χ1v) is 5.37. The van der Waals surface area contributed by atoms with Gasteiger partial charge in [-0.25, -0.2) is 0 Å². The highest BCUT2D eigenvalue weighted by Gasteiger charge is 2.11. The third kappa shape index (κ3) is 2.72. The summed E-state index contributed by atoms with van der Waals surface area (Å²) in [6.07, 6.45) is 0. The van der Waals surface area contributed by atoms with E-state index in [-0.39, 0.29) is 17.0 Å². The van der Waals surface area contributed by atoms with Crippen LogP contribution in [0.3, 0.4) is 0 Å². The molecule has 0 aromatic heterocycles. The van der Waals surface area contributed by atoms with E-state index in [9.17, 15) is 0 Å². The van der Waals surface area contributed by atoms with Crippen LogP contribution in [0.25, 0.3) is 0 Å². The predicted octanol–water partition coefficient (Wildman–Crippen LogP) is 2.44. The van der Waals surface area contributed by atoms with Crippen molar-refractivity contribution in [3.8, 4) is 0 Å². The van der Waals surface area contributed by atoms with E-state index in [0.29, 0.717) is 0 Å². The van der Waals surface area contributed by atoms with Crippen molar-refractivity contribution < 1.29 is 0 Å². The van der Waals surface area contributed by atoms with Crippen LogP contribution < -0.4 is 10.2 Å². The van der Waals surface area contributed by atoms with E-state index >= 15 is 0 Å². The maximum absolute atomic E-state index is 3.57. The molecule has 0 bridgehead atoms. The van der Waals surface area contributed by atoms with Gasteiger partial charge in [0.05, 0.1) is 5.69 Å². The molecule has 1 aliphatic rings. The number of nitrogens with zero attached hydrogens (tertiary/aromatic N) is 1. The second kappa shape index (κ2) is 5.73. The van der Waals surface area contributed by atoms with Crippen LogP contribution in [0.1, 0.15) is 0 Å². The van der Waals surface area contributed by atoms with Crippen LogP contribution in [0, 0.1) is 0 Å². The summed E-state index contributed by atoms with van der Waals surface area (Å²) in [6.45, 7) is 4.37. The van der Waals surface area contributed by atoms with Crippen molar-refractivity contribution in [1.29, 1.82) is 0 Å². The number of para-hydroxylation sites is 1. The van der Waals surface area contributed by atoms with Crippen molar-refractivity contribution in [1.82, 2.24) is 5.32 Å². The summed E-state index contributed by atoms with van der Waals surface area (Å²) in [4.78, 5) is 2.40. The minimum Gasteiger partial charge on any atom is -0.368 e. The zero-order valence-electron chi connectivity index (χ0n) is 7.87. The molecule has 14 heavy (non-hydrogen) atoms. The molecule has 0 saturated carbocycles. The molecular weight excluding hydrogens is 308 g/mol. The second-order valence-electron chi connectivity index (χ2n) is 3.19. The Labute approximate surface area is 104 Å². The van der Waals surface area contributed by atoms with E-state index in [0.717, 1.165) is 26.2 Å². The van der Waals surface area contributed by atoms with Gasteiger partial charge >= 0.3 is 0 Å². The molecular formula is C10H14Br2N2. The normalized spacial score (nSPS) is 16.2. The average molecular weight is 322 g/mol. The summed E-state index contributed by atoms with van der Waals surface area (Å²) in [7, 11) is 0. The van der Waals surface area contributed by atoms with Gasteiger partial charge in [0, 0.05) is 30.7 Å². The monoisotopic (exact) mass is 320 g/mol. The Morgan fingerprint density at radius 3 is 2.43 bits per heavy atom. The van der Waals surface area contributed by atoms with Gasteiger partial charge in [0.2, 0.25) is 0 Å². The fourth-order valence-corrected chi connectivity index (χ4v) is 2.15. The van der Waals surface area contributed by atoms with E-state index < -0.39 is 0 Å². The maximum Gasteiger partial charge on any atom is 0.0511 e.